The number of rotatable bonds is 1. The number of nitrogens with zero attached hydrogens (tertiary/aromatic N) is 1. The summed E-state index contributed by atoms with van der Waals surface area (Å²) in [4.78, 5) is 13.2. The summed E-state index contributed by atoms with van der Waals surface area (Å²) in [5.74, 6) is 0.0596. The van der Waals surface area contributed by atoms with Crippen molar-refractivity contribution in [3.05, 3.63) is 32.9 Å². The van der Waals surface area contributed by atoms with Crippen molar-refractivity contribution in [1.29, 1.82) is 0 Å². The van der Waals surface area contributed by atoms with Crippen LogP contribution >= 0.6 is 22.6 Å². The Hall–Kier alpha value is -0.580. The van der Waals surface area contributed by atoms with Gasteiger partial charge in [-0.15, -0.1) is 0 Å². The van der Waals surface area contributed by atoms with E-state index in [1.54, 1.807) is 19.0 Å². The van der Waals surface area contributed by atoms with E-state index in [1.807, 2.05) is 25.1 Å². The standard InChI is InChI=1S/C10H12INO/c1-7-4-5-8(9(11)6-7)10(13)12(2)3/h4-6H,1-3H3. The van der Waals surface area contributed by atoms with Gasteiger partial charge in [-0.05, 0) is 41.6 Å². The van der Waals surface area contributed by atoms with Gasteiger partial charge in [0.15, 0.2) is 0 Å². The molecular formula is C10H12INO. The largest absolute Gasteiger partial charge is 0.345 e. The first-order chi connectivity index (χ1) is 6.02. The van der Waals surface area contributed by atoms with Gasteiger partial charge in [-0.3, -0.25) is 4.79 Å². The zero-order valence-electron chi connectivity index (χ0n) is 7.97. The molecule has 0 unspecified atom stereocenters. The molecular weight excluding hydrogens is 277 g/mol. The number of carbonyl (C=O) groups excluding carboxylic acids is 1. The highest BCUT2D eigenvalue weighted by atomic mass is 127. The first-order valence-corrected chi connectivity index (χ1v) is 5.08. The molecule has 0 aliphatic heterocycles. The van der Waals surface area contributed by atoms with Crippen LogP contribution in [0.15, 0.2) is 18.2 Å². The first kappa shape index (κ1) is 10.5. The fourth-order valence-electron chi connectivity index (χ4n) is 1.03. The average Bonchev–Trinajstić information content (AvgIpc) is 2.03. The molecule has 1 amide bonds. The van der Waals surface area contributed by atoms with Crippen LogP contribution in [-0.2, 0) is 0 Å². The summed E-state index contributed by atoms with van der Waals surface area (Å²) in [6.07, 6.45) is 0. The first-order valence-electron chi connectivity index (χ1n) is 4.00. The van der Waals surface area contributed by atoms with Gasteiger partial charge < -0.3 is 4.90 Å². The van der Waals surface area contributed by atoms with Crippen molar-refractivity contribution in [2.45, 2.75) is 6.92 Å². The van der Waals surface area contributed by atoms with Crippen LogP contribution in [-0.4, -0.2) is 24.9 Å². The lowest BCUT2D eigenvalue weighted by molar-refractivity contribution is 0.0826. The Morgan fingerprint density at radius 1 is 1.38 bits per heavy atom. The van der Waals surface area contributed by atoms with Crippen molar-refractivity contribution in [2.24, 2.45) is 0 Å². The zero-order valence-corrected chi connectivity index (χ0v) is 10.1. The van der Waals surface area contributed by atoms with E-state index in [0.717, 1.165) is 9.13 Å². The topological polar surface area (TPSA) is 20.3 Å². The van der Waals surface area contributed by atoms with Crippen LogP contribution in [0.3, 0.4) is 0 Å². The average molecular weight is 289 g/mol. The summed E-state index contributed by atoms with van der Waals surface area (Å²) >= 11 is 2.19. The second-order valence-electron chi connectivity index (χ2n) is 3.18. The summed E-state index contributed by atoms with van der Waals surface area (Å²) in [5.41, 5.74) is 1.95. The second kappa shape index (κ2) is 4.09. The van der Waals surface area contributed by atoms with E-state index >= 15 is 0 Å². The fraction of sp³-hybridized carbons (Fsp3) is 0.300. The molecule has 2 nitrogen and oxygen atoms in total. The summed E-state index contributed by atoms with van der Waals surface area (Å²) in [6.45, 7) is 2.02. The minimum atomic E-state index is 0.0596. The highest BCUT2D eigenvalue weighted by Gasteiger charge is 2.10. The van der Waals surface area contributed by atoms with Gasteiger partial charge >= 0.3 is 0 Å². The van der Waals surface area contributed by atoms with Gasteiger partial charge in [0.25, 0.3) is 5.91 Å². The van der Waals surface area contributed by atoms with Gasteiger partial charge in [0.05, 0.1) is 5.56 Å². The van der Waals surface area contributed by atoms with E-state index in [9.17, 15) is 4.79 Å². The molecule has 0 fully saturated rings. The fourth-order valence-corrected chi connectivity index (χ4v) is 1.94. The molecule has 0 bridgehead atoms. The number of hydrogen-bond acceptors (Lipinski definition) is 1. The molecule has 1 aromatic rings. The summed E-state index contributed by atoms with van der Waals surface area (Å²) in [7, 11) is 3.52. The van der Waals surface area contributed by atoms with Gasteiger partial charge in [-0.1, -0.05) is 11.6 Å². The number of benzene rings is 1. The quantitative estimate of drug-likeness (QED) is 0.726. The Labute approximate surface area is 92.1 Å². The van der Waals surface area contributed by atoms with E-state index in [0.29, 0.717) is 0 Å². The van der Waals surface area contributed by atoms with E-state index in [-0.39, 0.29) is 5.91 Å². The molecule has 1 rings (SSSR count). The number of amides is 1. The Kier molecular flexibility index (Phi) is 3.30. The summed E-state index contributed by atoms with van der Waals surface area (Å²) in [5, 5.41) is 0. The molecule has 0 saturated carbocycles. The molecule has 70 valence electrons. The van der Waals surface area contributed by atoms with Crippen molar-refractivity contribution in [1.82, 2.24) is 4.90 Å². The molecule has 13 heavy (non-hydrogen) atoms. The van der Waals surface area contributed by atoms with Crippen LogP contribution in [0.2, 0.25) is 0 Å². The molecule has 0 radical (unpaired) electrons. The third kappa shape index (κ3) is 2.43. The van der Waals surface area contributed by atoms with E-state index in [2.05, 4.69) is 22.6 Å². The molecule has 0 aliphatic carbocycles. The number of aryl methyl sites for hydroxylation is 1. The molecule has 0 saturated heterocycles. The van der Waals surface area contributed by atoms with Gasteiger partial charge in [0.1, 0.15) is 0 Å². The summed E-state index contributed by atoms with van der Waals surface area (Å²) in [6, 6.07) is 5.84. The van der Waals surface area contributed by atoms with Gasteiger partial charge in [0.2, 0.25) is 0 Å². The maximum absolute atomic E-state index is 11.6. The lowest BCUT2D eigenvalue weighted by atomic mass is 10.1. The van der Waals surface area contributed by atoms with E-state index in [1.165, 1.54) is 5.56 Å². The van der Waals surface area contributed by atoms with Gasteiger partial charge in [-0.25, -0.2) is 0 Å². The van der Waals surface area contributed by atoms with Crippen molar-refractivity contribution >= 4 is 28.5 Å². The Balaban J connectivity index is 3.09. The Morgan fingerprint density at radius 3 is 2.46 bits per heavy atom. The minimum absolute atomic E-state index is 0.0596. The zero-order chi connectivity index (χ0) is 10.0. The highest BCUT2D eigenvalue weighted by Crippen LogP contribution is 2.15. The van der Waals surface area contributed by atoms with Crippen molar-refractivity contribution in [3.63, 3.8) is 0 Å². The Morgan fingerprint density at radius 2 is 2.00 bits per heavy atom. The van der Waals surface area contributed by atoms with Crippen LogP contribution in [0.1, 0.15) is 15.9 Å². The molecule has 0 heterocycles. The number of hydrogen-bond donors (Lipinski definition) is 0. The van der Waals surface area contributed by atoms with E-state index in [4.69, 9.17) is 0 Å². The van der Waals surface area contributed by atoms with E-state index < -0.39 is 0 Å². The predicted molar refractivity (Wildman–Crippen MR) is 61.9 cm³/mol. The Bertz CT molecular complexity index is 334. The van der Waals surface area contributed by atoms with Crippen LogP contribution in [0, 0.1) is 10.5 Å². The van der Waals surface area contributed by atoms with Crippen molar-refractivity contribution in [2.75, 3.05) is 14.1 Å². The third-order valence-corrected chi connectivity index (χ3v) is 2.65. The van der Waals surface area contributed by atoms with Crippen LogP contribution < -0.4 is 0 Å². The summed E-state index contributed by atoms with van der Waals surface area (Å²) < 4.78 is 1.01. The second-order valence-corrected chi connectivity index (χ2v) is 4.35. The normalized spacial score (nSPS) is 9.85. The maximum atomic E-state index is 11.6. The molecule has 0 spiro atoms. The third-order valence-electron chi connectivity index (χ3n) is 1.76. The molecule has 0 aromatic heterocycles. The number of halogens is 1. The van der Waals surface area contributed by atoms with Crippen LogP contribution in [0.25, 0.3) is 0 Å². The monoisotopic (exact) mass is 289 g/mol. The van der Waals surface area contributed by atoms with Crippen molar-refractivity contribution < 1.29 is 4.79 Å². The van der Waals surface area contributed by atoms with Crippen LogP contribution in [0.4, 0.5) is 0 Å². The number of carbonyl (C=O) groups is 1. The smallest absolute Gasteiger partial charge is 0.254 e. The predicted octanol–water partition coefficient (Wildman–Crippen LogP) is 2.30. The lowest BCUT2D eigenvalue weighted by Gasteiger charge is -2.11. The lowest BCUT2D eigenvalue weighted by Crippen LogP contribution is -2.22. The highest BCUT2D eigenvalue weighted by molar-refractivity contribution is 14.1. The van der Waals surface area contributed by atoms with Crippen molar-refractivity contribution in [3.8, 4) is 0 Å². The van der Waals surface area contributed by atoms with Crippen LogP contribution in [0.5, 0.6) is 0 Å². The van der Waals surface area contributed by atoms with Gasteiger partial charge in [0, 0.05) is 17.7 Å². The molecule has 3 heteroatoms. The molecule has 0 atom stereocenters. The minimum Gasteiger partial charge on any atom is -0.345 e. The maximum Gasteiger partial charge on any atom is 0.254 e. The molecule has 0 aliphatic rings. The molecule has 0 N–H and O–H groups in total. The SMILES string of the molecule is Cc1ccc(C(=O)N(C)C)c(I)c1. The van der Waals surface area contributed by atoms with Gasteiger partial charge in [-0.2, -0.15) is 0 Å². The molecule has 1 aromatic carbocycles.